The Kier molecular flexibility index (Phi) is 3.13. The molecule has 3 rings (SSSR count). The highest BCUT2D eigenvalue weighted by atomic mass is 16.3. The van der Waals surface area contributed by atoms with Crippen LogP contribution in [0.15, 0.2) is 16.9 Å². The van der Waals surface area contributed by atoms with E-state index < -0.39 is 0 Å². The molecule has 0 saturated carbocycles. The second-order valence-corrected chi connectivity index (χ2v) is 5.48. The molecule has 0 saturated heterocycles. The maximum absolute atomic E-state index is 12.6. The van der Waals surface area contributed by atoms with Crippen molar-refractivity contribution in [2.75, 3.05) is 0 Å². The van der Waals surface area contributed by atoms with Gasteiger partial charge in [0.25, 0.3) is 5.56 Å². The molecule has 0 amide bonds. The van der Waals surface area contributed by atoms with Crippen LogP contribution in [0.2, 0.25) is 0 Å². The molecule has 1 aliphatic heterocycles. The van der Waals surface area contributed by atoms with E-state index in [0.717, 1.165) is 28.7 Å². The van der Waals surface area contributed by atoms with E-state index in [-0.39, 0.29) is 11.4 Å². The molecule has 1 N–H and O–H groups in total. The van der Waals surface area contributed by atoms with Crippen LogP contribution in [-0.2, 0) is 13.1 Å². The summed E-state index contributed by atoms with van der Waals surface area (Å²) in [5.74, 6) is 6.01. The van der Waals surface area contributed by atoms with Gasteiger partial charge in [-0.25, -0.2) is 4.68 Å². The number of hydrogen-bond acceptors (Lipinski definition) is 2. The Balaban J connectivity index is 2.36. The normalized spacial score (nSPS) is 12.9. The van der Waals surface area contributed by atoms with E-state index in [1.807, 2.05) is 26.0 Å². The summed E-state index contributed by atoms with van der Waals surface area (Å²) in [6, 6.07) is 3.98. The molecule has 21 heavy (non-hydrogen) atoms. The average Bonchev–Trinajstić information content (AvgIpc) is 2.97. The highest BCUT2D eigenvalue weighted by molar-refractivity contribution is 5.78. The van der Waals surface area contributed by atoms with Gasteiger partial charge in [0.1, 0.15) is 5.56 Å². The van der Waals surface area contributed by atoms with Crippen molar-refractivity contribution in [1.29, 1.82) is 0 Å². The summed E-state index contributed by atoms with van der Waals surface area (Å²) in [6.07, 6.45) is 0.886. The Morgan fingerprint density at radius 3 is 2.52 bits per heavy atom. The lowest BCUT2D eigenvalue weighted by Gasteiger charge is -2.09. The van der Waals surface area contributed by atoms with Crippen LogP contribution in [0.5, 0.6) is 5.88 Å². The molecule has 0 fully saturated rings. The molecular formula is C17H18N2O2. The standard InChI is InChI=1S/C17H18N2O2/c1-4-6-13-10-11(2)9-12(3)14(13)15-16(20)18-7-5-8-19(18)17(15)21/h9-10,20H,5,7-8H2,1-3H3. The van der Waals surface area contributed by atoms with E-state index in [2.05, 4.69) is 11.8 Å². The maximum Gasteiger partial charge on any atom is 0.278 e. The van der Waals surface area contributed by atoms with Gasteiger partial charge in [-0.2, -0.15) is 0 Å². The SMILES string of the molecule is CC#Cc1cc(C)cc(C)c1-c1c(O)n2n(c1=O)CCC2. The molecule has 2 aromatic rings. The van der Waals surface area contributed by atoms with Crippen molar-refractivity contribution < 1.29 is 5.11 Å². The van der Waals surface area contributed by atoms with Crippen molar-refractivity contribution in [3.63, 3.8) is 0 Å². The van der Waals surface area contributed by atoms with Gasteiger partial charge in [0.05, 0.1) is 0 Å². The van der Waals surface area contributed by atoms with E-state index in [1.54, 1.807) is 16.3 Å². The lowest BCUT2D eigenvalue weighted by atomic mass is 9.94. The molecule has 2 heterocycles. The summed E-state index contributed by atoms with van der Waals surface area (Å²) in [5, 5.41) is 10.5. The van der Waals surface area contributed by atoms with Crippen molar-refractivity contribution in [1.82, 2.24) is 9.36 Å². The topological polar surface area (TPSA) is 47.2 Å². The number of hydrogen-bond donors (Lipinski definition) is 1. The minimum atomic E-state index is -0.129. The Morgan fingerprint density at radius 2 is 1.86 bits per heavy atom. The molecule has 1 aromatic heterocycles. The Morgan fingerprint density at radius 1 is 1.14 bits per heavy atom. The van der Waals surface area contributed by atoms with Crippen LogP contribution in [0.4, 0.5) is 0 Å². The third-order valence-corrected chi connectivity index (χ3v) is 3.94. The minimum Gasteiger partial charge on any atom is -0.493 e. The molecule has 108 valence electrons. The van der Waals surface area contributed by atoms with Gasteiger partial charge in [-0.1, -0.05) is 12.0 Å². The summed E-state index contributed by atoms with van der Waals surface area (Å²) in [7, 11) is 0. The fourth-order valence-electron chi connectivity index (χ4n) is 3.15. The van der Waals surface area contributed by atoms with Crippen LogP contribution in [0.3, 0.4) is 0 Å². The van der Waals surface area contributed by atoms with Gasteiger partial charge in [0.2, 0.25) is 5.88 Å². The number of aromatic nitrogens is 2. The molecule has 0 radical (unpaired) electrons. The zero-order valence-corrected chi connectivity index (χ0v) is 12.5. The van der Waals surface area contributed by atoms with E-state index in [4.69, 9.17) is 0 Å². The van der Waals surface area contributed by atoms with E-state index in [0.29, 0.717) is 18.7 Å². The second-order valence-electron chi connectivity index (χ2n) is 5.48. The van der Waals surface area contributed by atoms with E-state index >= 15 is 0 Å². The molecule has 4 nitrogen and oxygen atoms in total. The van der Waals surface area contributed by atoms with E-state index in [1.165, 1.54) is 0 Å². The third kappa shape index (κ3) is 1.97. The monoisotopic (exact) mass is 282 g/mol. The van der Waals surface area contributed by atoms with Gasteiger partial charge in [-0.05, 0) is 44.4 Å². The zero-order valence-electron chi connectivity index (χ0n) is 12.5. The van der Waals surface area contributed by atoms with Gasteiger partial charge in [0, 0.05) is 24.2 Å². The van der Waals surface area contributed by atoms with Gasteiger partial charge >= 0.3 is 0 Å². The molecule has 0 bridgehead atoms. The molecule has 1 aromatic carbocycles. The first kappa shape index (κ1) is 13.6. The molecule has 0 spiro atoms. The van der Waals surface area contributed by atoms with Crippen molar-refractivity contribution in [3.8, 4) is 28.8 Å². The largest absolute Gasteiger partial charge is 0.493 e. The van der Waals surface area contributed by atoms with Gasteiger partial charge in [-0.15, -0.1) is 5.92 Å². The molecule has 4 heteroatoms. The highest BCUT2D eigenvalue weighted by Crippen LogP contribution is 2.34. The fraction of sp³-hybridized carbons (Fsp3) is 0.353. The summed E-state index contributed by atoms with van der Waals surface area (Å²) >= 11 is 0. The van der Waals surface area contributed by atoms with E-state index in [9.17, 15) is 9.90 Å². The van der Waals surface area contributed by atoms with Crippen LogP contribution in [0, 0.1) is 25.7 Å². The van der Waals surface area contributed by atoms with Crippen LogP contribution >= 0.6 is 0 Å². The highest BCUT2D eigenvalue weighted by Gasteiger charge is 2.26. The van der Waals surface area contributed by atoms with Crippen molar-refractivity contribution in [2.45, 2.75) is 40.3 Å². The Bertz CT molecular complexity index is 844. The predicted octanol–water partition coefficient (Wildman–Crippen LogP) is 2.41. The van der Waals surface area contributed by atoms with Gasteiger partial charge in [-0.3, -0.25) is 9.48 Å². The lowest BCUT2D eigenvalue weighted by Crippen LogP contribution is -2.17. The summed E-state index contributed by atoms with van der Waals surface area (Å²) in [6.45, 7) is 7.07. The van der Waals surface area contributed by atoms with Crippen LogP contribution in [0.1, 0.15) is 30.0 Å². The van der Waals surface area contributed by atoms with Crippen LogP contribution < -0.4 is 5.56 Å². The Hall–Kier alpha value is -2.41. The van der Waals surface area contributed by atoms with Crippen LogP contribution in [-0.4, -0.2) is 14.5 Å². The minimum absolute atomic E-state index is 0.0589. The number of rotatable bonds is 1. The third-order valence-electron chi connectivity index (χ3n) is 3.94. The van der Waals surface area contributed by atoms with Crippen LogP contribution in [0.25, 0.3) is 11.1 Å². The number of aryl methyl sites for hydroxylation is 2. The van der Waals surface area contributed by atoms with Gasteiger partial charge < -0.3 is 5.11 Å². The first-order chi connectivity index (χ1) is 10.0. The summed E-state index contributed by atoms with van der Waals surface area (Å²) in [5.41, 5.74) is 3.87. The number of benzene rings is 1. The smallest absolute Gasteiger partial charge is 0.278 e. The second kappa shape index (κ2) is 4.85. The molecule has 0 aliphatic carbocycles. The average molecular weight is 282 g/mol. The quantitative estimate of drug-likeness (QED) is 0.817. The van der Waals surface area contributed by atoms with Gasteiger partial charge in [0.15, 0.2) is 0 Å². The van der Waals surface area contributed by atoms with Crippen molar-refractivity contribution >= 4 is 0 Å². The molecule has 1 aliphatic rings. The first-order valence-corrected chi connectivity index (χ1v) is 7.11. The maximum atomic E-state index is 12.6. The molecule has 0 unspecified atom stereocenters. The molecular weight excluding hydrogens is 264 g/mol. The summed E-state index contributed by atoms with van der Waals surface area (Å²) < 4.78 is 3.28. The fourth-order valence-corrected chi connectivity index (χ4v) is 3.15. The number of fused-ring (bicyclic) bond motifs is 1. The zero-order chi connectivity index (χ0) is 15.1. The predicted molar refractivity (Wildman–Crippen MR) is 82.4 cm³/mol. The summed E-state index contributed by atoms with van der Waals surface area (Å²) in [4.78, 5) is 12.6. The number of aromatic hydroxyl groups is 1. The molecule has 0 atom stereocenters. The Labute approximate surface area is 123 Å². The van der Waals surface area contributed by atoms with Crippen molar-refractivity contribution in [2.24, 2.45) is 0 Å². The number of nitrogens with zero attached hydrogens (tertiary/aromatic N) is 2. The first-order valence-electron chi connectivity index (χ1n) is 7.11. The van der Waals surface area contributed by atoms with Crippen molar-refractivity contribution in [3.05, 3.63) is 39.2 Å². The lowest BCUT2D eigenvalue weighted by molar-refractivity contribution is 0.399.